The predicted octanol–water partition coefficient (Wildman–Crippen LogP) is -0.113. The van der Waals surface area contributed by atoms with Crippen molar-refractivity contribution in [3.63, 3.8) is 0 Å². The molecule has 0 saturated carbocycles. The zero-order valence-electron chi connectivity index (χ0n) is 6.74. The number of nitrogens with one attached hydrogen (secondary N) is 1. The van der Waals surface area contributed by atoms with Crippen LogP contribution < -0.4 is 16.1 Å². The first-order valence-electron chi connectivity index (χ1n) is 3.44. The van der Waals surface area contributed by atoms with Gasteiger partial charge in [0.2, 0.25) is 0 Å². The number of hydrogen-bond acceptors (Lipinski definition) is 4. The lowest BCUT2D eigenvalue weighted by molar-refractivity contribution is 0.429. The number of aromatic nitrogens is 1. The Morgan fingerprint density at radius 2 is 2.42 bits per heavy atom. The van der Waals surface area contributed by atoms with Gasteiger partial charge in [-0.3, -0.25) is 0 Å². The molecule has 0 radical (unpaired) electrons. The van der Waals surface area contributed by atoms with Crippen molar-refractivity contribution < 1.29 is 4.42 Å². The topological polar surface area (TPSA) is 38.1 Å². The van der Waals surface area contributed by atoms with E-state index in [0.717, 1.165) is 5.35 Å². The molecule has 1 N–H and O–H groups in total. The Balaban J connectivity index is 3.37. The summed E-state index contributed by atoms with van der Waals surface area (Å²) in [7, 11) is 1.79. The van der Waals surface area contributed by atoms with E-state index in [0.29, 0.717) is 10.6 Å². The third kappa shape index (κ3) is 1.92. The van der Waals surface area contributed by atoms with Gasteiger partial charge in [-0.1, -0.05) is 25.3 Å². The monoisotopic (exact) mass is 182 g/mol. The van der Waals surface area contributed by atoms with Gasteiger partial charge in [-0.05, 0) is 6.08 Å². The second kappa shape index (κ2) is 4.01. The zero-order chi connectivity index (χ0) is 8.97. The van der Waals surface area contributed by atoms with E-state index in [1.165, 1.54) is 0 Å². The molecule has 0 atom stereocenters. The average Bonchev–Trinajstić information content (AvgIpc) is 2.33. The van der Waals surface area contributed by atoms with Crippen molar-refractivity contribution in [1.82, 2.24) is 10.3 Å². The molecule has 64 valence electrons. The fraction of sp³-hybridized carbons (Fsp3) is 0.125. The Labute approximate surface area is 75.9 Å². The summed E-state index contributed by atoms with van der Waals surface area (Å²) in [6.07, 6.45) is 5.12. The van der Waals surface area contributed by atoms with Crippen molar-refractivity contribution in [2.24, 2.45) is 0 Å². The minimum atomic E-state index is 0.351. The van der Waals surface area contributed by atoms with Crippen molar-refractivity contribution >= 4 is 24.9 Å². The number of nitrogens with zero attached hydrogens (tertiary/aromatic N) is 1. The van der Waals surface area contributed by atoms with Crippen LogP contribution in [0.15, 0.2) is 22.3 Å². The van der Waals surface area contributed by atoms with Crippen LogP contribution in [0.3, 0.4) is 0 Å². The van der Waals surface area contributed by atoms with Gasteiger partial charge in [0.1, 0.15) is 5.35 Å². The lowest BCUT2D eigenvalue weighted by Gasteiger charge is -1.79. The van der Waals surface area contributed by atoms with Gasteiger partial charge in [-0.25, -0.2) is 4.98 Å². The first-order chi connectivity index (χ1) is 5.77. The number of allylic oxidation sites excluding steroid dienone is 1. The molecule has 1 aromatic heterocycles. The first-order valence-corrected chi connectivity index (χ1v) is 3.88. The maximum atomic E-state index is 5.16. The summed E-state index contributed by atoms with van der Waals surface area (Å²) < 4.78 is 5.16. The maximum Gasteiger partial charge on any atom is 0.253 e. The van der Waals surface area contributed by atoms with Crippen LogP contribution in [0.2, 0.25) is 0 Å². The molecule has 0 bridgehead atoms. The molecular weight excluding hydrogens is 172 g/mol. The van der Waals surface area contributed by atoms with E-state index in [1.807, 2.05) is 0 Å². The van der Waals surface area contributed by atoms with Crippen LogP contribution >= 0.6 is 12.6 Å². The molecular formula is C8H10N2OS. The summed E-state index contributed by atoms with van der Waals surface area (Å²) in [6.45, 7) is 3.57. The van der Waals surface area contributed by atoms with Gasteiger partial charge in [-0.15, -0.1) is 0 Å². The van der Waals surface area contributed by atoms with Gasteiger partial charge in [0.05, 0.1) is 0 Å². The number of thiol groups is 1. The van der Waals surface area contributed by atoms with Gasteiger partial charge >= 0.3 is 0 Å². The highest BCUT2D eigenvalue weighted by molar-refractivity contribution is 7.80. The molecule has 1 rings (SSSR count). The first kappa shape index (κ1) is 8.93. The second-order valence-corrected chi connectivity index (χ2v) is 2.46. The van der Waals surface area contributed by atoms with Crippen molar-refractivity contribution in [2.75, 3.05) is 7.05 Å². The SMILES string of the molecule is C=C/C=c1/nc(S)o/c1=C/NC. The van der Waals surface area contributed by atoms with Gasteiger partial charge in [-0.2, -0.15) is 0 Å². The van der Waals surface area contributed by atoms with Crippen LogP contribution in [0.4, 0.5) is 0 Å². The van der Waals surface area contributed by atoms with E-state index >= 15 is 0 Å². The third-order valence-electron chi connectivity index (χ3n) is 1.22. The number of rotatable bonds is 2. The lowest BCUT2D eigenvalue weighted by Crippen LogP contribution is -2.24. The molecule has 0 unspecified atom stereocenters. The van der Waals surface area contributed by atoms with Gasteiger partial charge in [0, 0.05) is 13.2 Å². The predicted molar refractivity (Wildman–Crippen MR) is 51.2 cm³/mol. The molecule has 0 amide bonds. The molecule has 0 aromatic carbocycles. The van der Waals surface area contributed by atoms with Gasteiger partial charge < -0.3 is 9.73 Å². The normalized spacial score (nSPS) is 13.5. The van der Waals surface area contributed by atoms with Crippen LogP contribution in [0, 0.1) is 0 Å². The van der Waals surface area contributed by atoms with Crippen molar-refractivity contribution in [1.29, 1.82) is 0 Å². The zero-order valence-corrected chi connectivity index (χ0v) is 7.64. The van der Waals surface area contributed by atoms with Crippen molar-refractivity contribution in [3.05, 3.63) is 23.4 Å². The van der Waals surface area contributed by atoms with Gasteiger partial charge in [0.15, 0.2) is 5.42 Å². The molecule has 0 spiro atoms. The molecule has 12 heavy (non-hydrogen) atoms. The second-order valence-electron chi connectivity index (χ2n) is 2.08. The Bertz CT molecular complexity index is 380. The van der Waals surface area contributed by atoms with E-state index < -0.39 is 0 Å². The van der Waals surface area contributed by atoms with E-state index in [1.54, 1.807) is 25.4 Å². The minimum absolute atomic E-state index is 0.351. The molecule has 1 aromatic rings. The van der Waals surface area contributed by atoms with Crippen LogP contribution in [-0.4, -0.2) is 12.0 Å². The summed E-state index contributed by atoms with van der Waals surface area (Å²) in [5.41, 5.74) is 0.655. The fourth-order valence-electron chi connectivity index (χ4n) is 0.797. The van der Waals surface area contributed by atoms with Crippen molar-refractivity contribution in [2.45, 2.75) is 5.22 Å². The Morgan fingerprint density at radius 3 is 3.00 bits per heavy atom. The largest absolute Gasteiger partial charge is 0.430 e. The molecule has 1 heterocycles. The highest BCUT2D eigenvalue weighted by atomic mass is 32.1. The van der Waals surface area contributed by atoms with Crippen molar-refractivity contribution in [3.8, 4) is 0 Å². The molecule has 0 aliphatic carbocycles. The Morgan fingerprint density at radius 1 is 1.67 bits per heavy atom. The minimum Gasteiger partial charge on any atom is -0.430 e. The summed E-state index contributed by atoms with van der Waals surface area (Å²) in [4.78, 5) is 4.02. The number of oxazole rings is 1. The highest BCUT2D eigenvalue weighted by Gasteiger charge is 1.93. The molecule has 0 aliphatic heterocycles. The van der Waals surface area contributed by atoms with E-state index in [4.69, 9.17) is 4.42 Å². The Kier molecular flexibility index (Phi) is 2.99. The fourth-order valence-corrected chi connectivity index (χ4v) is 1.00. The summed E-state index contributed by atoms with van der Waals surface area (Å²) in [5, 5.41) is 3.93. The summed E-state index contributed by atoms with van der Waals surface area (Å²) in [6, 6.07) is 0. The van der Waals surface area contributed by atoms with E-state index in [-0.39, 0.29) is 0 Å². The van der Waals surface area contributed by atoms with E-state index in [9.17, 15) is 0 Å². The van der Waals surface area contributed by atoms with E-state index in [2.05, 4.69) is 29.5 Å². The van der Waals surface area contributed by atoms with Crippen LogP contribution in [0.5, 0.6) is 0 Å². The molecule has 0 saturated heterocycles. The Hall–Kier alpha value is -1.16. The number of hydrogen-bond donors (Lipinski definition) is 2. The van der Waals surface area contributed by atoms with Crippen LogP contribution in [-0.2, 0) is 0 Å². The smallest absolute Gasteiger partial charge is 0.253 e. The molecule has 0 aliphatic rings. The lowest BCUT2D eigenvalue weighted by atomic mass is 10.5. The quantitative estimate of drug-likeness (QED) is 0.627. The van der Waals surface area contributed by atoms with Crippen LogP contribution in [0.1, 0.15) is 0 Å². The maximum absolute atomic E-state index is 5.16. The average molecular weight is 182 g/mol. The summed E-state index contributed by atoms with van der Waals surface area (Å²) in [5.74, 6) is 0. The molecule has 0 fully saturated rings. The highest BCUT2D eigenvalue weighted by Crippen LogP contribution is 1.90. The third-order valence-corrected chi connectivity index (χ3v) is 1.41. The summed E-state index contributed by atoms with van der Waals surface area (Å²) >= 11 is 3.98. The standard InChI is InChI=1S/C8H10N2OS/c1-3-4-6-7(5-9-2)11-8(12)10-6/h3-5,9H,1H2,2H3,(H,10,12)/b6-4+,7-5+. The molecule has 3 nitrogen and oxygen atoms in total. The molecule has 4 heteroatoms. The van der Waals surface area contributed by atoms with Gasteiger partial charge in [0.25, 0.3) is 5.22 Å². The van der Waals surface area contributed by atoms with Crippen LogP contribution in [0.25, 0.3) is 12.3 Å².